The zero-order valence-corrected chi connectivity index (χ0v) is 17.5. The lowest BCUT2D eigenvalue weighted by Gasteiger charge is -2.10. The number of hydrogen-bond donors (Lipinski definition) is 1. The highest BCUT2D eigenvalue weighted by Crippen LogP contribution is 2.22. The Morgan fingerprint density at radius 3 is 2.75 bits per heavy atom. The summed E-state index contributed by atoms with van der Waals surface area (Å²) in [5.74, 6) is -1.01. The molecule has 0 radical (unpaired) electrons. The van der Waals surface area contributed by atoms with E-state index in [1.165, 1.54) is 6.08 Å². The first-order valence-corrected chi connectivity index (χ1v) is 9.65. The summed E-state index contributed by atoms with van der Waals surface area (Å²) in [5, 5.41) is 7.61. The second-order valence-corrected chi connectivity index (χ2v) is 6.96. The molecule has 1 amide bonds. The highest BCUT2D eigenvalue weighted by Gasteiger charge is 2.12. The molecule has 28 heavy (non-hydrogen) atoms. The topological polar surface area (TPSA) is 73.2 Å². The van der Waals surface area contributed by atoms with E-state index in [9.17, 15) is 9.59 Å². The fourth-order valence-electron chi connectivity index (χ4n) is 2.62. The van der Waals surface area contributed by atoms with Gasteiger partial charge in [-0.3, -0.25) is 9.48 Å². The van der Waals surface area contributed by atoms with Gasteiger partial charge in [0.25, 0.3) is 5.91 Å². The van der Waals surface area contributed by atoms with Crippen LogP contribution in [0.15, 0.2) is 24.3 Å². The number of amides is 1. The van der Waals surface area contributed by atoms with E-state index in [2.05, 4.69) is 17.3 Å². The van der Waals surface area contributed by atoms with Crippen molar-refractivity contribution >= 4 is 35.2 Å². The van der Waals surface area contributed by atoms with Crippen molar-refractivity contribution in [1.82, 2.24) is 9.78 Å². The minimum absolute atomic E-state index is 0.362. The molecule has 0 atom stereocenters. The van der Waals surface area contributed by atoms with Crippen molar-refractivity contribution < 1.29 is 14.3 Å². The van der Waals surface area contributed by atoms with Gasteiger partial charge in [-0.25, -0.2) is 4.79 Å². The third kappa shape index (κ3) is 5.70. The Hall–Kier alpha value is -2.60. The molecular weight excluding hydrogens is 378 g/mol. The van der Waals surface area contributed by atoms with E-state index in [0.29, 0.717) is 16.4 Å². The van der Waals surface area contributed by atoms with Gasteiger partial charge in [-0.2, -0.15) is 5.10 Å². The molecule has 0 spiro atoms. The minimum atomic E-state index is -0.618. The van der Waals surface area contributed by atoms with Crippen molar-refractivity contribution in [2.45, 2.75) is 47.1 Å². The summed E-state index contributed by atoms with van der Waals surface area (Å²) < 4.78 is 6.74. The van der Waals surface area contributed by atoms with E-state index in [-0.39, 0.29) is 6.61 Å². The number of anilines is 1. The lowest BCUT2D eigenvalue weighted by Crippen LogP contribution is -2.20. The number of nitrogens with one attached hydrogen (secondary N) is 1. The molecule has 0 fully saturated rings. The van der Waals surface area contributed by atoms with Crippen LogP contribution in [0.3, 0.4) is 0 Å². The number of ether oxygens (including phenoxy) is 1. The van der Waals surface area contributed by atoms with Gasteiger partial charge in [-0.15, -0.1) is 0 Å². The normalized spacial score (nSPS) is 11.0. The lowest BCUT2D eigenvalue weighted by atomic mass is 10.1. The van der Waals surface area contributed by atoms with Crippen molar-refractivity contribution in [3.8, 4) is 0 Å². The average Bonchev–Trinajstić information content (AvgIpc) is 2.93. The van der Waals surface area contributed by atoms with Crippen LogP contribution in [0.2, 0.25) is 5.15 Å². The van der Waals surface area contributed by atoms with Gasteiger partial charge in [0, 0.05) is 23.9 Å². The molecule has 6 nitrogen and oxygen atoms in total. The summed E-state index contributed by atoms with van der Waals surface area (Å²) in [6, 6.07) is 5.63. The average molecular weight is 404 g/mol. The number of carbonyl (C=O) groups is 2. The van der Waals surface area contributed by atoms with Crippen molar-refractivity contribution in [3.63, 3.8) is 0 Å². The molecule has 1 aromatic carbocycles. The smallest absolute Gasteiger partial charge is 0.331 e. The number of halogens is 1. The Labute approximate surface area is 170 Å². The summed E-state index contributed by atoms with van der Waals surface area (Å²) >= 11 is 6.33. The van der Waals surface area contributed by atoms with Gasteiger partial charge in [0.2, 0.25) is 0 Å². The molecule has 1 N–H and O–H groups in total. The van der Waals surface area contributed by atoms with Crippen LogP contribution in [-0.4, -0.2) is 28.3 Å². The minimum Gasteiger partial charge on any atom is -0.452 e. The van der Waals surface area contributed by atoms with E-state index in [1.54, 1.807) is 10.8 Å². The van der Waals surface area contributed by atoms with E-state index in [1.807, 2.05) is 39.0 Å². The zero-order valence-electron chi connectivity index (χ0n) is 16.7. The molecule has 0 aliphatic heterocycles. The van der Waals surface area contributed by atoms with Crippen LogP contribution in [0, 0.1) is 20.8 Å². The van der Waals surface area contributed by atoms with Crippen molar-refractivity contribution in [3.05, 3.63) is 51.8 Å². The van der Waals surface area contributed by atoms with Crippen molar-refractivity contribution in [1.29, 1.82) is 0 Å². The molecule has 0 bridgehead atoms. The molecular formula is C21H26ClN3O3. The number of rotatable bonds is 8. The summed E-state index contributed by atoms with van der Waals surface area (Å²) in [5.41, 5.74) is 4.17. The molecule has 0 aliphatic rings. The number of unbranched alkanes of at least 4 members (excludes halogenated alkanes) is 1. The molecule has 150 valence electrons. The molecule has 0 unspecified atom stereocenters. The van der Waals surface area contributed by atoms with Crippen LogP contribution in [0.5, 0.6) is 0 Å². The fraction of sp³-hybridized carbons (Fsp3) is 0.381. The first-order chi connectivity index (χ1) is 13.3. The number of benzene rings is 1. The number of aromatic nitrogens is 2. The lowest BCUT2D eigenvalue weighted by molar-refractivity contribution is -0.142. The number of nitrogens with zero attached hydrogens (tertiary/aromatic N) is 2. The van der Waals surface area contributed by atoms with Gasteiger partial charge in [-0.1, -0.05) is 37.1 Å². The number of aryl methyl sites for hydroxylation is 3. The maximum Gasteiger partial charge on any atom is 0.331 e. The molecule has 1 heterocycles. The van der Waals surface area contributed by atoms with E-state index < -0.39 is 11.9 Å². The van der Waals surface area contributed by atoms with Gasteiger partial charge in [-0.05, 0) is 50.5 Å². The molecule has 0 saturated heterocycles. The second-order valence-electron chi connectivity index (χ2n) is 6.60. The second kappa shape index (κ2) is 10.1. The fourth-order valence-corrected chi connectivity index (χ4v) is 2.94. The van der Waals surface area contributed by atoms with Gasteiger partial charge in [0.1, 0.15) is 5.15 Å². The van der Waals surface area contributed by atoms with Gasteiger partial charge in [0.05, 0.1) is 5.69 Å². The highest BCUT2D eigenvalue weighted by atomic mass is 35.5. The largest absolute Gasteiger partial charge is 0.452 e. The number of esters is 1. The molecule has 2 rings (SSSR count). The van der Waals surface area contributed by atoms with Gasteiger partial charge in [0.15, 0.2) is 6.61 Å². The highest BCUT2D eigenvalue weighted by molar-refractivity contribution is 6.31. The van der Waals surface area contributed by atoms with Crippen molar-refractivity contribution in [2.75, 3.05) is 11.9 Å². The molecule has 0 saturated carbocycles. The quantitative estimate of drug-likeness (QED) is 0.521. The predicted molar refractivity (Wildman–Crippen MR) is 111 cm³/mol. The predicted octanol–water partition coefficient (Wildman–Crippen LogP) is 4.46. The summed E-state index contributed by atoms with van der Waals surface area (Å²) in [4.78, 5) is 24.0. The maximum absolute atomic E-state index is 12.0. The van der Waals surface area contributed by atoms with E-state index in [4.69, 9.17) is 16.3 Å². The Kier molecular flexibility index (Phi) is 7.81. The van der Waals surface area contributed by atoms with E-state index >= 15 is 0 Å². The van der Waals surface area contributed by atoms with Crippen LogP contribution in [0.4, 0.5) is 5.69 Å². The standard InChI is InChI=1S/C21H26ClN3O3/c1-5-6-12-25-21(22)17(16(4)24-25)10-11-20(27)28-13-19(26)23-18-9-7-8-14(2)15(18)3/h7-11H,5-6,12-13H2,1-4H3,(H,23,26)/b11-10+. The van der Waals surface area contributed by atoms with Crippen LogP contribution < -0.4 is 5.32 Å². The first kappa shape index (κ1) is 21.7. The molecule has 7 heteroatoms. The van der Waals surface area contributed by atoms with Crippen LogP contribution >= 0.6 is 11.6 Å². The Morgan fingerprint density at radius 1 is 1.29 bits per heavy atom. The Morgan fingerprint density at radius 2 is 2.04 bits per heavy atom. The molecule has 0 aliphatic carbocycles. The summed E-state index contributed by atoms with van der Waals surface area (Å²) in [6.07, 6.45) is 4.84. The molecule has 2 aromatic rings. The maximum atomic E-state index is 12.0. The molecule has 1 aromatic heterocycles. The number of hydrogen-bond acceptors (Lipinski definition) is 4. The van der Waals surface area contributed by atoms with Crippen molar-refractivity contribution in [2.24, 2.45) is 0 Å². The SMILES string of the molecule is CCCCn1nc(C)c(/C=C/C(=O)OCC(=O)Nc2cccc(C)c2C)c1Cl. The third-order valence-corrected chi connectivity index (χ3v) is 4.84. The van der Waals surface area contributed by atoms with E-state index in [0.717, 1.165) is 36.2 Å². The van der Waals surface area contributed by atoms with Crippen LogP contribution in [-0.2, 0) is 20.9 Å². The monoisotopic (exact) mass is 403 g/mol. The Balaban J connectivity index is 1.91. The Bertz CT molecular complexity index is 887. The summed E-state index contributed by atoms with van der Waals surface area (Å²) in [7, 11) is 0. The van der Waals surface area contributed by atoms with Crippen LogP contribution in [0.1, 0.15) is 42.1 Å². The van der Waals surface area contributed by atoms with Gasteiger partial charge < -0.3 is 10.1 Å². The van der Waals surface area contributed by atoms with Crippen LogP contribution in [0.25, 0.3) is 6.08 Å². The first-order valence-electron chi connectivity index (χ1n) is 9.27. The summed E-state index contributed by atoms with van der Waals surface area (Å²) in [6.45, 7) is 8.18. The van der Waals surface area contributed by atoms with Gasteiger partial charge >= 0.3 is 5.97 Å². The zero-order chi connectivity index (χ0) is 20.7. The third-order valence-electron chi connectivity index (χ3n) is 4.44. The number of carbonyl (C=O) groups excluding carboxylic acids is 2.